The van der Waals surface area contributed by atoms with Crippen molar-refractivity contribution in [2.45, 2.75) is 38.1 Å². The highest BCUT2D eigenvalue weighted by atomic mass is 16.5. The standard InChI is InChI=1S/C31H37N5O/c1-36(2)30-28-10-6-7-11-29(28)34-31(35-30)33-25-16-12-24(13-17-25)22-32-21-20-23-14-18-27(19-15-23)37-26-8-4-3-5-9-26/h3-11,14-15,18-19,24-25,32H,12-13,16-17,20-22H2,1-2H3,(H,33,34,35). The minimum atomic E-state index is 0.434. The highest BCUT2D eigenvalue weighted by Crippen LogP contribution is 2.28. The Kier molecular flexibility index (Phi) is 8.16. The van der Waals surface area contributed by atoms with Crippen LogP contribution in [-0.4, -0.2) is 43.2 Å². The Morgan fingerprint density at radius 1 is 0.811 bits per heavy atom. The van der Waals surface area contributed by atoms with Gasteiger partial charge in [-0.15, -0.1) is 0 Å². The van der Waals surface area contributed by atoms with Crippen LogP contribution >= 0.6 is 0 Å². The molecule has 0 radical (unpaired) electrons. The summed E-state index contributed by atoms with van der Waals surface area (Å²) in [6, 6.07) is 27.0. The Morgan fingerprint density at radius 3 is 2.27 bits per heavy atom. The fraction of sp³-hybridized carbons (Fsp3) is 0.355. The summed E-state index contributed by atoms with van der Waals surface area (Å²) in [5, 5.41) is 8.39. The predicted octanol–water partition coefficient (Wildman–Crippen LogP) is 6.29. The highest BCUT2D eigenvalue weighted by molar-refractivity contribution is 5.90. The largest absolute Gasteiger partial charge is 0.457 e. The number of aromatic nitrogens is 2. The van der Waals surface area contributed by atoms with Crippen molar-refractivity contribution in [3.05, 3.63) is 84.4 Å². The maximum absolute atomic E-state index is 5.89. The molecule has 4 aromatic rings. The van der Waals surface area contributed by atoms with Crippen molar-refractivity contribution in [3.8, 4) is 11.5 Å². The van der Waals surface area contributed by atoms with Crippen molar-refractivity contribution in [2.24, 2.45) is 5.92 Å². The molecular weight excluding hydrogens is 458 g/mol. The average Bonchev–Trinajstić information content (AvgIpc) is 2.93. The molecule has 0 aliphatic heterocycles. The molecule has 3 aromatic carbocycles. The van der Waals surface area contributed by atoms with E-state index in [1.54, 1.807) is 0 Å². The first-order valence-electron chi connectivity index (χ1n) is 13.4. The average molecular weight is 496 g/mol. The van der Waals surface area contributed by atoms with Gasteiger partial charge in [-0.25, -0.2) is 4.98 Å². The Bertz CT molecular complexity index is 1270. The summed E-state index contributed by atoms with van der Waals surface area (Å²) in [6.07, 6.45) is 5.79. The maximum atomic E-state index is 5.89. The molecule has 2 N–H and O–H groups in total. The molecule has 1 heterocycles. The van der Waals surface area contributed by atoms with Gasteiger partial charge >= 0.3 is 0 Å². The monoisotopic (exact) mass is 495 g/mol. The SMILES string of the molecule is CN(C)c1nc(NC2CCC(CNCCc3ccc(Oc4ccccc4)cc3)CC2)nc2ccccc12. The fourth-order valence-corrected chi connectivity index (χ4v) is 5.05. The lowest BCUT2D eigenvalue weighted by Gasteiger charge is -2.29. The van der Waals surface area contributed by atoms with E-state index >= 15 is 0 Å². The van der Waals surface area contributed by atoms with E-state index in [0.717, 1.165) is 72.4 Å². The molecule has 37 heavy (non-hydrogen) atoms. The Morgan fingerprint density at radius 2 is 1.51 bits per heavy atom. The third-order valence-corrected chi connectivity index (χ3v) is 7.11. The number of rotatable bonds is 10. The van der Waals surface area contributed by atoms with Crippen molar-refractivity contribution in [1.29, 1.82) is 0 Å². The van der Waals surface area contributed by atoms with E-state index in [1.165, 1.54) is 18.4 Å². The molecule has 1 aromatic heterocycles. The van der Waals surface area contributed by atoms with Gasteiger partial charge in [0, 0.05) is 25.5 Å². The van der Waals surface area contributed by atoms with Gasteiger partial charge in [0.2, 0.25) is 5.95 Å². The van der Waals surface area contributed by atoms with Crippen LogP contribution in [-0.2, 0) is 6.42 Å². The number of nitrogens with one attached hydrogen (secondary N) is 2. The smallest absolute Gasteiger partial charge is 0.225 e. The summed E-state index contributed by atoms with van der Waals surface area (Å²) in [5.41, 5.74) is 2.31. The third-order valence-electron chi connectivity index (χ3n) is 7.11. The van der Waals surface area contributed by atoms with E-state index in [0.29, 0.717) is 6.04 Å². The van der Waals surface area contributed by atoms with Crippen LogP contribution in [0, 0.1) is 5.92 Å². The summed E-state index contributed by atoms with van der Waals surface area (Å²) in [7, 11) is 4.07. The van der Waals surface area contributed by atoms with E-state index in [2.05, 4.69) is 51.9 Å². The molecule has 0 spiro atoms. The number of anilines is 2. The van der Waals surface area contributed by atoms with Gasteiger partial charge in [-0.2, -0.15) is 4.98 Å². The quantitative estimate of drug-likeness (QED) is 0.252. The van der Waals surface area contributed by atoms with Crippen LogP contribution in [0.15, 0.2) is 78.9 Å². The number of fused-ring (bicyclic) bond motifs is 1. The molecular formula is C31H37N5O. The number of nitrogens with zero attached hydrogens (tertiary/aromatic N) is 3. The van der Waals surface area contributed by atoms with Gasteiger partial charge in [-0.3, -0.25) is 0 Å². The third kappa shape index (κ3) is 6.77. The minimum absolute atomic E-state index is 0.434. The van der Waals surface area contributed by atoms with E-state index in [9.17, 15) is 0 Å². The zero-order valence-electron chi connectivity index (χ0n) is 21.9. The molecule has 0 bridgehead atoms. The number of hydrogen-bond acceptors (Lipinski definition) is 6. The number of benzene rings is 3. The normalized spacial score (nSPS) is 17.5. The molecule has 1 saturated carbocycles. The molecule has 192 valence electrons. The zero-order valence-corrected chi connectivity index (χ0v) is 21.9. The van der Waals surface area contributed by atoms with E-state index in [-0.39, 0.29) is 0 Å². The second kappa shape index (κ2) is 12.1. The van der Waals surface area contributed by atoms with Gasteiger partial charge in [-0.1, -0.05) is 42.5 Å². The first-order valence-corrected chi connectivity index (χ1v) is 13.4. The van der Waals surface area contributed by atoms with E-state index in [1.807, 2.05) is 56.6 Å². The molecule has 0 atom stereocenters. The summed E-state index contributed by atoms with van der Waals surface area (Å²) < 4.78 is 5.89. The Labute approximate surface area is 220 Å². The molecule has 1 aliphatic rings. The van der Waals surface area contributed by atoms with Crippen LogP contribution in [0.25, 0.3) is 10.9 Å². The van der Waals surface area contributed by atoms with Crippen LogP contribution in [0.3, 0.4) is 0 Å². The van der Waals surface area contributed by atoms with Gasteiger partial charge < -0.3 is 20.3 Å². The van der Waals surface area contributed by atoms with Crippen molar-refractivity contribution in [1.82, 2.24) is 15.3 Å². The summed E-state index contributed by atoms with van der Waals surface area (Å²) >= 11 is 0. The molecule has 1 aliphatic carbocycles. The molecule has 0 amide bonds. The lowest BCUT2D eigenvalue weighted by Crippen LogP contribution is -2.32. The van der Waals surface area contributed by atoms with Gasteiger partial charge in [-0.05, 0) is 93.1 Å². The van der Waals surface area contributed by atoms with Gasteiger partial charge in [0.25, 0.3) is 0 Å². The predicted molar refractivity (Wildman–Crippen MR) is 153 cm³/mol. The van der Waals surface area contributed by atoms with Crippen molar-refractivity contribution < 1.29 is 4.74 Å². The first kappa shape index (κ1) is 25.0. The molecule has 6 nitrogen and oxygen atoms in total. The van der Waals surface area contributed by atoms with Crippen molar-refractivity contribution >= 4 is 22.7 Å². The van der Waals surface area contributed by atoms with Crippen LogP contribution in [0.2, 0.25) is 0 Å². The maximum Gasteiger partial charge on any atom is 0.225 e. The van der Waals surface area contributed by atoms with Crippen molar-refractivity contribution in [3.63, 3.8) is 0 Å². The molecule has 5 rings (SSSR count). The summed E-state index contributed by atoms with van der Waals surface area (Å²) in [5.74, 6) is 4.17. The molecule has 6 heteroatoms. The number of ether oxygens (including phenoxy) is 1. The van der Waals surface area contributed by atoms with Gasteiger partial charge in [0.15, 0.2) is 0 Å². The van der Waals surface area contributed by atoms with Gasteiger partial charge in [0.05, 0.1) is 5.52 Å². The Balaban J connectivity index is 1.03. The topological polar surface area (TPSA) is 62.3 Å². The van der Waals surface area contributed by atoms with Crippen LogP contribution in [0.1, 0.15) is 31.2 Å². The molecule has 1 fully saturated rings. The van der Waals surface area contributed by atoms with Crippen LogP contribution in [0.4, 0.5) is 11.8 Å². The fourth-order valence-electron chi connectivity index (χ4n) is 5.05. The number of para-hydroxylation sites is 2. The second-order valence-corrected chi connectivity index (χ2v) is 10.2. The minimum Gasteiger partial charge on any atom is -0.457 e. The number of hydrogen-bond donors (Lipinski definition) is 2. The van der Waals surface area contributed by atoms with Crippen LogP contribution in [0.5, 0.6) is 11.5 Å². The first-order chi connectivity index (χ1) is 18.1. The highest BCUT2D eigenvalue weighted by Gasteiger charge is 2.22. The summed E-state index contributed by atoms with van der Waals surface area (Å²) in [6.45, 7) is 2.08. The lowest BCUT2D eigenvalue weighted by molar-refractivity contribution is 0.325. The zero-order chi connectivity index (χ0) is 25.5. The van der Waals surface area contributed by atoms with E-state index < -0.39 is 0 Å². The van der Waals surface area contributed by atoms with Crippen molar-refractivity contribution in [2.75, 3.05) is 37.4 Å². The Hall–Kier alpha value is -3.64. The lowest BCUT2D eigenvalue weighted by atomic mass is 9.86. The van der Waals surface area contributed by atoms with Crippen LogP contribution < -0.4 is 20.3 Å². The van der Waals surface area contributed by atoms with E-state index in [4.69, 9.17) is 14.7 Å². The molecule has 0 saturated heterocycles. The van der Waals surface area contributed by atoms with Gasteiger partial charge in [0.1, 0.15) is 17.3 Å². The molecule has 0 unspecified atom stereocenters. The second-order valence-electron chi connectivity index (χ2n) is 10.2. The summed E-state index contributed by atoms with van der Waals surface area (Å²) in [4.78, 5) is 11.7.